The molecule has 0 saturated carbocycles. The smallest absolute Gasteiger partial charge is 0.192 e. The van der Waals surface area contributed by atoms with Crippen LogP contribution in [-0.4, -0.2) is 24.9 Å². The second-order valence-corrected chi connectivity index (χ2v) is 8.08. The summed E-state index contributed by atoms with van der Waals surface area (Å²) in [6.45, 7) is 0.713. The minimum Gasteiger partial charge on any atom is -0.361 e. The monoisotopic (exact) mass is 403 g/mol. The van der Waals surface area contributed by atoms with Crippen LogP contribution in [0.1, 0.15) is 35.4 Å². The van der Waals surface area contributed by atoms with Gasteiger partial charge in [0.15, 0.2) is 11.0 Å². The molecule has 0 unspecified atom stereocenters. The Bertz CT molecular complexity index is 1090. The molecule has 0 aliphatic heterocycles. The highest BCUT2D eigenvalue weighted by Crippen LogP contribution is 2.31. The molecule has 1 aromatic carbocycles. The first-order valence-electron chi connectivity index (χ1n) is 9.85. The molecule has 1 aliphatic carbocycles. The second kappa shape index (κ2) is 8.21. The van der Waals surface area contributed by atoms with Gasteiger partial charge < -0.3 is 4.52 Å². The van der Waals surface area contributed by atoms with E-state index in [2.05, 4.69) is 49.2 Å². The number of fused-ring (bicyclic) bond motifs is 1. The molecular weight excluding hydrogens is 382 g/mol. The zero-order valence-corrected chi connectivity index (χ0v) is 16.8. The predicted octanol–water partition coefficient (Wildman–Crippen LogP) is 4.55. The number of pyridine rings is 1. The topological polar surface area (TPSA) is 69.6 Å². The molecule has 146 valence electrons. The van der Waals surface area contributed by atoms with E-state index < -0.39 is 0 Å². The standard InChI is InChI=1S/C22H21N5OS/c1-2-6-16(7-3-1)14-27-21(17-10-12-23-13-11-17)24-25-22(27)29-15-19-18-8-4-5-9-20(18)28-26-19/h1-3,6-7,10-13H,4-5,8-9,14-15H2. The van der Waals surface area contributed by atoms with Gasteiger partial charge in [0.05, 0.1) is 12.2 Å². The molecule has 4 aromatic rings. The Labute approximate surface area is 173 Å². The summed E-state index contributed by atoms with van der Waals surface area (Å²) in [4.78, 5) is 4.12. The van der Waals surface area contributed by atoms with Gasteiger partial charge in [-0.25, -0.2) is 0 Å². The zero-order valence-electron chi connectivity index (χ0n) is 16.0. The second-order valence-electron chi connectivity index (χ2n) is 7.14. The van der Waals surface area contributed by atoms with Gasteiger partial charge in [-0.3, -0.25) is 9.55 Å². The van der Waals surface area contributed by atoms with Gasteiger partial charge in [0.1, 0.15) is 5.76 Å². The maximum Gasteiger partial charge on any atom is 0.192 e. The van der Waals surface area contributed by atoms with Gasteiger partial charge in [-0.15, -0.1) is 10.2 Å². The molecule has 3 aromatic heterocycles. The van der Waals surface area contributed by atoms with E-state index in [4.69, 9.17) is 4.52 Å². The third-order valence-electron chi connectivity index (χ3n) is 5.21. The lowest BCUT2D eigenvalue weighted by Crippen LogP contribution is -2.05. The van der Waals surface area contributed by atoms with Crippen molar-refractivity contribution in [2.75, 3.05) is 0 Å². The maximum atomic E-state index is 5.56. The van der Waals surface area contributed by atoms with Gasteiger partial charge in [-0.05, 0) is 37.0 Å². The molecular formula is C22H21N5OS. The van der Waals surface area contributed by atoms with Crippen molar-refractivity contribution in [1.82, 2.24) is 24.9 Å². The van der Waals surface area contributed by atoms with Crippen LogP contribution in [0, 0.1) is 0 Å². The molecule has 0 amide bonds. The van der Waals surface area contributed by atoms with Crippen molar-refractivity contribution in [2.24, 2.45) is 0 Å². The van der Waals surface area contributed by atoms with Crippen molar-refractivity contribution in [2.45, 2.75) is 43.1 Å². The molecule has 29 heavy (non-hydrogen) atoms. The average molecular weight is 404 g/mol. The summed E-state index contributed by atoms with van der Waals surface area (Å²) < 4.78 is 7.73. The fraction of sp³-hybridized carbons (Fsp3) is 0.273. The highest BCUT2D eigenvalue weighted by Gasteiger charge is 2.21. The van der Waals surface area contributed by atoms with E-state index >= 15 is 0 Å². The fourth-order valence-electron chi connectivity index (χ4n) is 3.71. The van der Waals surface area contributed by atoms with E-state index in [1.54, 1.807) is 24.2 Å². The lowest BCUT2D eigenvalue weighted by molar-refractivity contribution is 0.369. The summed E-state index contributed by atoms with van der Waals surface area (Å²) >= 11 is 1.66. The average Bonchev–Trinajstić information content (AvgIpc) is 3.38. The van der Waals surface area contributed by atoms with Crippen molar-refractivity contribution in [1.29, 1.82) is 0 Å². The molecule has 7 heteroatoms. The predicted molar refractivity (Wildman–Crippen MR) is 112 cm³/mol. The van der Waals surface area contributed by atoms with Crippen LogP contribution >= 0.6 is 11.8 Å². The minimum absolute atomic E-state index is 0.713. The van der Waals surface area contributed by atoms with Crippen LogP contribution in [0.2, 0.25) is 0 Å². The molecule has 3 heterocycles. The molecule has 5 rings (SSSR count). The quantitative estimate of drug-likeness (QED) is 0.440. The van der Waals surface area contributed by atoms with Gasteiger partial charge >= 0.3 is 0 Å². The molecule has 1 aliphatic rings. The summed E-state index contributed by atoms with van der Waals surface area (Å²) in [5, 5.41) is 14.2. The molecule has 0 radical (unpaired) electrons. The molecule has 0 N–H and O–H groups in total. The van der Waals surface area contributed by atoms with E-state index in [1.807, 2.05) is 18.2 Å². The Morgan fingerprint density at radius 1 is 0.966 bits per heavy atom. The third kappa shape index (κ3) is 3.82. The summed E-state index contributed by atoms with van der Waals surface area (Å²) in [7, 11) is 0. The summed E-state index contributed by atoms with van der Waals surface area (Å²) in [5.74, 6) is 2.65. The highest BCUT2D eigenvalue weighted by atomic mass is 32.2. The number of nitrogens with zero attached hydrogens (tertiary/aromatic N) is 5. The van der Waals surface area contributed by atoms with Crippen LogP contribution in [0.4, 0.5) is 0 Å². The van der Waals surface area contributed by atoms with Crippen LogP contribution in [0.15, 0.2) is 64.5 Å². The van der Waals surface area contributed by atoms with Crippen LogP contribution in [-0.2, 0) is 25.1 Å². The van der Waals surface area contributed by atoms with Gasteiger partial charge in [0.25, 0.3) is 0 Å². The Hall–Kier alpha value is -2.93. The maximum absolute atomic E-state index is 5.56. The van der Waals surface area contributed by atoms with Crippen LogP contribution < -0.4 is 0 Å². The first-order chi connectivity index (χ1) is 14.4. The molecule has 0 bridgehead atoms. The summed E-state index contributed by atoms with van der Waals surface area (Å²) in [5.41, 5.74) is 4.56. The van der Waals surface area contributed by atoms with Crippen LogP contribution in [0.3, 0.4) is 0 Å². The van der Waals surface area contributed by atoms with E-state index in [9.17, 15) is 0 Å². The molecule has 0 spiro atoms. The Morgan fingerprint density at radius 3 is 2.66 bits per heavy atom. The van der Waals surface area contributed by atoms with Gasteiger partial charge in [-0.1, -0.05) is 47.3 Å². The number of aryl methyl sites for hydroxylation is 1. The van der Waals surface area contributed by atoms with E-state index in [-0.39, 0.29) is 0 Å². The number of hydrogen-bond donors (Lipinski definition) is 0. The normalized spacial score (nSPS) is 13.4. The lowest BCUT2D eigenvalue weighted by atomic mass is 9.97. The number of benzene rings is 1. The first-order valence-corrected chi connectivity index (χ1v) is 10.8. The van der Waals surface area contributed by atoms with E-state index in [0.29, 0.717) is 6.54 Å². The molecule has 0 saturated heterocycles. The van der Waals surface area contributed by atoms with Crippen molar-refractivity contribution >= 4 is 11.8 Å². The van der Waals surface area contributed by atoms with Crippen molar-refractivity contribution in [3.05, 3.63) is 77.4 Å². The molecule has 0 fully saturated rings. The molecule has 6 nitrogen and oxygen atoms in total. The Balaban J connectivity index is 1.44. The zero-order chi connectivity index (χ0) is 19.5. The number of rotatable bonds is 6. The molecule has 0 atom stereocenters. The fourth-order valence-corrected chi connectivity index (χ4v) is 4.61. The first kappa shape index (κ1) is 18.1. The number of aromatic nitrogens is 5. The largest absolute Gasteiger partial charge is 0.361 e. The van der Waals surface area contributed by atoms with Crippen molar-refractivity contribution < 1.29 is 4.52 Å². The van der Waals surface area contributed by atoms with Gasteiger partial charge in [0.2, 0.25) is 0 Å². The minimum atomic E-state index is 0.713. The van der Waals surface area contributed by atoms with Crippen LogP contribution in [0.25, 0.3) is 11.4 Å². The summed E-state index contributed by atoms with van der Waals surface area (Å²) in [6, 6.07) is 14.3. The Morgan fingerprint density at radius 2 is 1.79 bits per heavy atom. The Kier molecular flexibility index (Phi) is 5.13. The SMILES string of the molecule is c1ccc(Cn2c(SCc3noc4c3CCCC4)nnc2-c2ccncc2)cc1. The van der Waals surface area contributed by atoms with Gasteiger partial charge in [0, 0.05) is 35.7 Å². The highest BCUT2D eigenvalue weighted by molar-refractivity contribution is 7.98. The number of thioether (sulfide) groups is 1. The van der Waals surface area contributed by atoms with Gasteiger partial charge in [-0.2, -0.15) is 0 Å². The lowest BCUT2D eigenvalue weighted by Gasteiger charge is -2.11. The van der Waals surface area contributed by atoms with E-state index in [0.717, 1.165) is 46.6 Å². The van der Waals surface area contributed by atoms with Crippen molar-refractivity contribution in [3.8, 4) is 11.4 Å². The summed E-state index contributed by atoms with van der Waals surface area (Å²) in [6.07, 6.45) is 8.03. The van der Waals surface area contributed by atoms with Crippen LogP contribution in [0.5, 0.6) is 0 Å². The van der Waals surface area contributed by atoms with E-state index in [1.165, 1.54) is 24.0 Å². The third-order valence-corrected chi connectivity index (χ3v) is 6.19. The number of hydrogen-bond acceptors (Lipinski definition) is 6. The van der Waals surface area contributed by atoms with Crippen molar-refractivity contribution in [3.63, 3.8) is 0 Å².